The van der Waals surface area contributed by atoms with E-state index in [-0.39, 0.29) is 11.9 Å². The summed E-state index contributed by atoms with van der Waals surface area (Å²) in [5.41, 5.74) is 1.07. The summed E-state index contributed by atoms with van der Waals surface area (Å²) in [5, 5.41) is 0. The van der Waals surface area contributed by atoms with Crippen LogP contribution in [-0.2, 0) is 10.0 Å². The third-order valence-corrected chi connectivity index (χ3v) is 5.75. The average Bonchev–Trinajstić information content (AvgIpc) is 2.55. The highest BCUT2D eigenvalue weighted by molar-refractivity contribution is 7.88. The molecule has 1 aromatic heterocycles. The molecule has 0 aliphatic carbocycles. The van der Waals surface area contributed by atoms with Crippen LogP contribution in [0, 0.1) is 6.92 Å². The lowest BCUT2D eigenvalue weighted by atomic mass is 10.0. The molecule has 1 aliphatic heterocycles. The standard InChI is InChI=1S/C16H26N4O3S/c1-5-19(6-2)16(21)13-11-17-15(18-12(13)3)14-9-7-8-10-20(14)24(4,22)23/h11,14H,5-10H2,1-4H3/t14-/m1/s1. The van der Waals surface area contributed by atoms with E-state index in [0.29, 0.717) is 43.1 Å². The van der Waals surface area contributed by atoms with Gasteiger partial charge in [-0.15, -0.1) is 0 Å². The Morgan fingerprint density at radius 1 is 1.33 bits per heavy atom. The molecule has 1 amide bonds. The minimum atomic E-state index is -3.31. The SMILES string of the molecule is CCN(CC)C(=O)c1cnc([C@H]2CCCCN2S(C)(=O)=O)nc1C. The van der Waals surface area contributed by atoms with E-state index in [1.54, 1.807) is 11.8 Å². The molecule has 0 aromatic carbocycles. The van der Waals surface area contributed by atoms with Crippen LogP contribution >= 0.6 is 0 Å². The Morgan fingerprint density at radius 3 is 2.54 bits per heavy atom. The van der Waals surface area contributed by atoms with E-state index >= 15 is 0 Å². The van der Waals surface area contributed by atoms with E-state index in [9.17, 15) is 13.2 Å². The molecule has 2 heterocycles. The first kappa shape index (κ1) is 18.8. The van der Waals surface area contributed by atoms with Crippen molar-refractivity contribution < 1.29 is 13.2 Å². The smallest absolute Gasteiger partial charge is 0.257 e. The predicted molar refractivity (Wildman–Crippen MR) is 92.2 cm³/mol. The van der Waals surface area contributed by atoms with Gasteiger partial charge < -0.3 is 4.90 Å². The maximum absolute atomic E-state index is 12.5. The van der Waals surface area contributed by atoms with E-state index in [4.69, 9.17) is 0 Å². The highest BCUT2D eigenvalue weighted by Gasteiger charge is 2.33. The van der Waals surface area contributed by atoms with Crippen LogP contribution in [0.1, 0.15) is 61.0 Å². The van der Waals surface area contributed by atoms with Crippen molar-refractivity contribution in [2.45, 2.75) is 46.1 Å². The molecule has 0 saturated carbocycles. The number of sulfonamides is 1. The molecule has 1 saturated heterocycles. The third-order valence-electron chi connectivity index (χ3n) is 4.46. The second-order valence-electron chi connectivity index (χ2n) is 6.09. The Labute approximate surface area is 144 Å². The number of nitrogens with zero attached hydrogens (tertiary/aromatic N) is 4. The molecule has 0 bridgehead atoms. The summed E-state index contributed by atoms with van der Waals surface area (Å²) in [6.07, 6.45) is 5.25. The van der Waals surface area contributed by atoms with Gasteiger partial charge in [-0.1, -0.05) is 6.42 Å². The fraction of sp³-hybridized carbons (Fsp3) is 0.688. The van der Waals surface area contributed by atoms with Crippen LogP contribution in [0.2, 0.25) is 0 Å². The van der Waals surface area contributed by atoms with E-state index in [1.807, 2.05) is 13.8 Å². The van der Waals surface area contributed by atoms with Gasteiger partial charge in [-0.05, 0) is 33.6 Å². The molecule has 24 heavy (non-hydrogen) atoms. The number of carbonyl (C=O) groups excluding carboxylic acids is 1. The second-order valence-corrected chi connectivity index (χ2v) is 8.03. The van der Waals surface area contributed by atoms with E-state index in [0.717, 1.165) is 12.8 Å². The van der Waals surface area contributed by atoms with Gasteiger partial charge in [-0.25, -0.2) is 18.4 Å². The van der Waals surface area contributed by atoms with E-state index in [1.165, 1.54) is 16.8 Å². The highest BCUT2D eigenvalue weighted by Crippen LogP contribution is 2.31. The number of aromatic nitrogens is 2. The fourth-order valence-electron chi connectivity index (χ4n) is 3.10. The van der Waals surface area contributed by atoms with Gasteiger partial charge in [0.25, 0.3) is 5.91 Å². The summed E-state index contributed by atoms with van der Waals surface area (Å²) >= 11 is 0. The first-order chi connectivity index (χ1) is 11.3. The number of rotatable bonds is 5. The van der Waals surface area contributed by atoms with Gasteiger partial charge in [0.2, 0.25) is 10.0 Å². The van der Waals surface area contributed by atoms with E-state index in [2.05, 4.69) is 9.97 Å². The molecular weight excluding hydrogens is 328 g/mol. The van der Waals surface area contributed by atoms with Crippen molar-refractivity contribution in [3.63, 3.8) is 0 Å². The van der Waals surface area contributed by atoms with Gasteiger partial charge in [0.15, 0.2) is 0 Å². The topological polar surface area (TPSA) is 83.5 Å². The number of aryl methyl sites for hydroxylation is 1. The van der Waals surface area contributed by atoms with Gasteiger partial charge in [-0.3, -0.25) is 4.79 Å². The summed E-state index contributed by atoms with van der Waals surface area (Å²) < 4.78 is 25.5. The van der Waals surface area contributed by atoms with Gasteiger partial charge in [0.05, 0.1) is 23.6 Å². The quantitative estimate of drug-likeness (QED) is 0.804. The summed E-state index contributed by atoms with van der Waals surface area (Å²) in [7, 11) is -3.31. The summed E-state index contributed by atoms with van der Waals surface area (Å²) in [6, 6.07) is -0.343. The van der Waals surface area contributed by atoms with Crippen molar-refractivity contribution in [2.24, 2.45) is 0 Å². The Hall–Kier alpha value is -1.54. The maximum Gasteiger partial charge on any atom is 0.257 e. The van der Waals surface area contributed by atoms with Crippen LogP contribution in [0.15, 0.2) is 6.20 Å². The van der Waals surface area contributed by atoms with Crippen LogP contribution in [0.4, 0.5) is 0 Å². The number of carbonyl (C=O) groups is 1. The zero-order valence-electron chi connectivity index (χ0n) is 14.8. The molecule has 1 fully saturated rings. The normalized spacial score (nSPS) is 19.2. The first-order valence-electron chi connectivity index (χ1n) is 8.39. The summed E-state index contributed by atoms with van der Waals surface area (Å²) in [4.78, 5) is 23.0. The third kappa shape index (κ3) is 3.92. The van der Waals surface area contributed by atoms with Gasteiger partial charge >= 0.3 is 0 Å². The van der Waals surface area contributed by atoms with Gasteiger partial charge in [-0.2, -0.15) is 4.31 Å². The molecule has 2 rings (SSSR count). The first-order valence-corrected chi connectivity index (χ1v) is 10.2. The lowest BCUT2D eigenvalue weighted by molar-refractivity contribution is 0.0771. The largest absolute Gasteiger partial charge is 0.339 e. The number of piperidine rings is 1. The molecule has 0 spiro atoms. The lowest BCUT2D eigenvalue weighted by Crippen LogP contribution is -2.38. The number of hydrogen-bond acceptors (Lipinski definition) is 5. The molecule has 0 N–H and O–H groups in total. The van der Waals surface area contributed by atoms with Crippen LogP contribution in [0.3, 0.4) is 0 Å². The summed E-state index contributed by atoms with van der Waals surface area (Å²) in [6.45, 7) is 7.37. The van der Waals surface area contributed by atoms with Gasteiger partial charge in [0.1, 0.15) is 5.82 Å². The molecular formula is C16H26N4O3S. The monoisotopic (exact) mass is 354 g/mol. The van der Waals surface area contributed by atoms with Crippen LogP contribution in [0.5, 0.6) is 0 Å². The number of amides is 1. The molecule has 0 unspecified atom stereocenters. The molecule has 134 valence electrons. The molecule has 8 heteroatoms. The van der Waals surface area contributed by atoms with E-state index < -0.39 is 10.0 Å². The molecule has 1 atom stereocenters. The van der Waals surface area contributed by atoms with Crippen molar-refractivity contribution >= 4 is 15.9 Å². The average molecular weight is 354 g/mol. The Morgan fingerprint density at radius 2 is 2.00 bits per heavy atom. The number of hydrogen-bond donors (Lipinski definition) is 0. The zero-order chi connectivity index (χ0) is 17.9. The Balaban J connectivity index is 2.33. The van der Waals surface area contributed by atoms with Crippen molar-refractivity contribution in [1.29, 1.82) is 0 Å². The van der Waals surface area contributed by atoms with Crippen LogP contribution in [0.25, 0.3) is 0 Å². The molecule has 7 nitrogen and oxygen atoms in total. The molecule has 1 aromatic rings. The molecule has 0 radical (unpaired) electrons. The zero-order valence-corrected chi connectivity index (χ0v) is 15.6. The van der Waals surface area contributed by atoms with Crippen molar-refractivity contribution in [3.05, 3.63) is 23.3 Å². The fourth-order valence-corrected chi connectivity index (χ4v) is 4.22. The highest BCUT2D eigenvalue weighted by atomic mass is 32.2. The predicted octanol–water partition coefficient (Wildman–Crippen LogP) is 1.75. The Bertz CT molecular complexity index is 701. The van der Waals surface area contributed by atoms with Crippen molar-refractivity contribution in [1.82, 2.24) is 19.2 Å². The van der Waals surface area contributed by atoms with Crippen molar-refractivity contribution in [2.75, 3.05) is 25.9 Å². The second kappa shape index (κ2) is 7.57. The minimum Gasteiger partial charge on any atom is -0.339 e. The van der Waals surface area contributed by atoms with Gasteiger partial charge in [0, 0.05) is 25.8 Å². The van der Waals surface area contributed by atoms with Crippen LogP contribution < -0.4 is 0 Å². The molecule has 1 aliphatic rings. The van der Waals surface area contributed by atoms with Crippen molar-refractivity contribution in [3.8, 4) is 0 Å². The lowest BCUT2D eigenvalue weighted by Gasteiger charge is -2.32. The Kier molecular flexibility index (Phi) is 5.92. The summed E-state index contributed by atoms with van der Waals surface area (Å²) in [5.74, 6) is 0.390. The minimum absolute atomic E-state index is 0.0901. The van der Waals surface area contributed by atoms with Crippen LogP contribution in [-0.4, -0.2) is 59.4 Å². The maximum atomic E-state index is 12.5.